The van der Waals surface area contributed by atoms with Gasteiger partial charge in [0.25, 0.3) is 5.91 Å². The molecule has 0 aliphatic carbocycles. The van der Waals surface area contributed by atoms with Gasteiger partial charge in [-0.15, -0.1) is 11.3 Å². The number of rotatable bonds is 3. The summed E-state index contributed by atoms with van der Waals surface area (Å²) in [5, 5.41) is 11.6. The van der Waals surface area contributed by atoms with Gasteiger partial charge >= 0.3 is 0 Å². The van der Waals surface area contributed by atoms with E-state index in [1.165, 1.54) is 12.5 Å². The Kier molecular flexibility index (Phi) is 3.03. The zero-order chi connectivity index (χ0) is 13.1. The van der Waals surface area contributed by atoms with E-state index in [1.54, 1.807) is 23.5 Å². The number of aromatic nitrogens is 4. The molecule has 0 aliphatic rings. The van der Waals surface area contributed by atoms with Gasteiger partial charge in [0.1, 0.15) is 12.0 Å². The molecule has 0 saturated heterocycles. The first-order valence-electron chi connectivity index (χ1n) is 5.49. The Morgan fingerprint density at radius 3 is 3.05 bits per heavy atom. The van der Waals surface area contributed by atoms with E-state index in [0.717, 1.165) is 10.6 Å². The maximum atomic E-state index is 11.9. The molecule has 3 aromatic rings. The molecule has 7 heteroatoms. The van der Waals surface area contributed by atoms with Gasteiger partial charge in [-0.1, -0.05) is 6.07 Å². The Balaban J connectivity index is 1.76. The van der Waals surface area contributed by atoms with Crippen LogP contribution in [0.15, 0.2) is 42.2 Å². The minimum absolute atomic E-state index is 0.302. The summed E-state index contributed by atoms with van der Waals surface area (Å²) >= 11 is 1.60. The van der Waals surface area contributed by atoms with Gasteiger partial charge in [0, 0.05) is 12.3 Å². The normalized spacial score (nSPS) is 10.3. The van der Waals surface area contributed by atoms with Crippen LogP contribution in [0.25, 0.3) is 10.6 Å². The van der Waals surface area contributed by atoms with E-state index in [9.17, 15) is 4.79 Å². The number of aromatic amines is 1. The number of carbonyl (C=O) groups excluding carboxylic acids is 1. The molecule has 1 amide bonds. The molecule has 94 valence electrons. The van der Waals surface area contributed by atoms with Gasteiger partial charge in [-0.2, -0.15) is 5.10 Å². The van der Waals surface area contributed by atoms with Gasteiger partial charge in [-0.3, -0.25) is 9.89 Å². The number of hydrogen-bond acceptors (Lipinski definition) is 5. The Labute approximate surface area is 112 Å². The lowest BCUT2D eigenvalue weighted by Crippen LogP contribution is -2.13. The SMILES string of the molecule is O=C(Nc1cc(-c2cccs2)[nH]n1)c1ccncn1. The van der Waals surface area contributed by atoms with Crippen LogP contribution in [0.3, 0.4) is 0 Å². The molecule has 0 atom stereocenters. The predicted molar refractivity (Wildman–Crippen MR) is 71.9 cm³/mol. The van der Waals surface area contributed by atoms with E-state index in [2.05, 4.69) is 25.5 Å². The largest absolute Gasteiger partial charge is 0.304 e. The highest BCUT2D eigenvalue weighted by Gasteiger charge is 2.10. The first kappa shape index (κ1) is 11.5. The van der Waals surface area contributed by atoms with Gasteiger partial charge in [0.2, 0.25) is 0 Å². The second-order valence-electron chi connectivity index (χ2n) is 3.69. The Bertz CT molecular complexity index is 677. The monoisotopic (exact) mass is 271 g/mol. The number of thiophene rings is 1. The molecule has 0 aromatic carbocycles. The molecule has 0 radical (unpaired) electrons. The molecule has 0 aliphatic heterocycles. The van der Waals surface area contributed by atoms with E-state index >= 15 is 0 Å². The van der Waals surface area contributed by atoms with E-state index in [-0.39, 0.29) is 5.91 Å². The van der Waals surface area contributed by atoms with E-state index < -0.39 is 0 Å². The molecule has 6 nitrogen and oxygen atoms in total. The van der Waals surface area contributed by atoms with Crippen molar-refractivity contribution in [1.29, 1.82) is 0 Å². The molecule has 0 spiro atoms. The third-order valence-electron chi connectivity index (χ3n) is 2.42. The van der Waals surface area contributed by atoms with E-state index in [0.29, 0.717) is 11.5 Å². The van der Waals surface area contributed by atoms with Crippen LogP contribution in [0.4, 0.5) is 5.82 Å². The van der Waals surface area contributed by atoms with Crippen LogP contribution < -0.4 is 5.32 Å². The topological polar surface area (TPSA) is 83.6 Å². The third-order valence-corrected chi connectivity index (χ3v) is 3.32. The third kappa shape index (κ3) is 2.50. The fourth-order valence-corrected chi connectivity index (χ4v) is 2.24. The molecule has 0 saturated carbocycles. The molecule has 0 unspecified atom stereocenters. The first-order chi connectivity index (χ1) is 9.33. The summed E-state index contributed by atoms with van der Waals surface area (Å²) < 4.78 is 0. The Morgan fingerprint density at radius 1 is 1.37 bits per heavy atom. The summed E-state index contributed by atoms with van der Waals surface area (Å²) in [6.07, 6.45) is 2.85. The van der Waals surface area contributed by atoms with Crippen molar-refractivity contribution in [3.05, 3.63) is 47.9 Å². The highest BCUT2D eigenvalue weighted by atomic mass is 32.1. The van der Waals surface area contributed by atoms with Crippen LogP contribution in [0.2, 0.25) is 0 Å². The van der Waals surface area contributed by atoms with Crippen molar-refractivity contribution in [1.82, 2.24) is 20.2 Å². The lowest BCUT2D eigenvalue weighted by atomic mass is 10.3. The number of nitrogens with zero attached hydrogens (tertiary/aromatic N) is 3. The zero-order valence-electron chi connectivity index (χ0n) is 9.70. The van der Waals surface area contributed by atoms with Crippen LogP contribution in [-0.2, 0) is 0 Å². The highest BCUT2D eigenvalue weighted by molar-refractivity contribution is 7.13. The lowest BCUT2D eigenvalue weighted by molar-refractivity contribution is 0.102. The van der Waals surface area contributed by atoms with Gasteiger partial charge in [-0.05, 0) is 17.5 Å². The molecule has 0 fully saturated rings. The van der Waals surface area contributed by atoms with Gasteiger partial charge in [-0.25, -0.2) is 9.97 Å². The zero-order valence-corrected chi connectivity index (χ0v) is 10.5. The van der Waals surface area contributed by atoms with Gasteiger partial charge in [0.15, 0.2) is 5.82 Å². The summed E-state index contributed by atoms with van der Waals surface area (Å²) in [5.41, 5.74) is 1.17. The average molecular weight is 271 g/mol. The van der Waals surface area contributed by atoms with Crippen molar-refractivity contribution in [2.24, 2.45) is 0 Å². The fraction of sp³-hybridized carbons (Fsp3) is 0. The second kappa shape index (κ2) is 4.99. The van der Waals surface area contributed by atoms with E-state index in [1.807, 2.05) is 17.5 Å². The van der Waals surface area contributed by atoms with Crippen LogP contribution in [0, 0.1) is 0 Å². The smallest absolute Gasteiger partial charge is 0.275 e. The van der Waals surface area contributed by atoms with Gasteiger partial charge < -0.3 is 5.32 Å². The van der Waals surface area contributed by atoms with Crippen molar-refractivity contribution in [3.8, 4) is 10.6 Å². The average Bonchev–Trinajstić information content (AvgIpc) is 3.10. The van der Waals surface area contributed by atoms with Crippen molar-refractivity contribution in [3.63, 3.8) is 0 Å². The Hall–Kier alpha value is -2.54. The van der Waals surface area contributed by atoms with Crippen molar-refractivity contribution >= 4 is 23.1 Å². The van der Waals surface area contributed by atoms with Crippen LogP contribution in [0.1, 0.15) is 10.5 Å². The number of nitrogens with one attached hydrogen (secondary N) is 2. The summed E-state index contributed by atoms with van der Waals surface area (Å²) in [7, 11) is 0. The maximum Gasteiger partial charge on any atom is 0.275 e. The summed E-state index contributed by atoms with van der Waals surface area (Å²) in [5.74, 6) is 0.152. The van der Waals surface area contributed by atoms with Crippen molar-refractivity contribution < 1.29 is 4.79 Å². The number of anilines is 1. The minimum atomic E-state index is -0.313. The molecule has 2 N–H and O–H groups in total. The standard InChI is InChI=1S/C12H9N5OS/c18-12(8-3-4-13-7-14-8)15-11-6-9(16-17-11)10-2-1-5-19-10/h1-7H,(H2,15,16,17,18). The van der Waals surface area contributed by atoms with Crippen LogP contribution in [0.5, 0.6) is 0 Å². The molecular weight excluding hydrogens is 262 g/mol. The van der Waals surface area contributed by atoms with E-state index in [4.69, 9.17) is 0 Å². The number of H-pyrrole nitrogens is 1. The van der Waals surface area contributed by atoms with Crippen molar-refractivity contribution in [2.75, 3.05) is 5.32 Å². The highest BCUT2D eigenvalue weighted by Crippen LogP contribution is 2.24. The number of carbonyl (C=O) groups is 1. The minimum Gasteiger partial charge on any atom is -0.304 e. The molecule has 3 rings (SSSR count). The molecule has 3 aromatic heterocycles. The first-order valence-corrected chi connectivity index (χ1v) is 6.37. The molecule has 0 bridgehead atoms. The predicted octanol–water partition coefficient (Wildman–Crippen LogP) is 2.18. The number of hydrogen-bond donors (Lipinski definition) is 2. The molecule has 3 heterocycles. The maximum absolute atomic E-state index is 11.9. The molecule has 19 heavy (non-hydrogen) atoms. The summed E-state index contributed by atoms with van der Waals surface area (Å²) in [6.45, 7) is 0. The summed E-state index contributed by atoms with van der Waals surface area (Å²) in [6, 6.07) is 7.27. The molecular formula is C12H9N5OS. The number of amides is 1. The van der Waals surface area contributed by atoms with Gasteiger partial charge in [0.05, 0.1) is 10.6 Å². The van der Waals surface area contributed by atoms with Crippen LogP contribution >= 0.6 is 11.3 Å². The summed E-state index contributed by atoms with van der Waals surface area (Å²) in [4.78, 5) is 20.6. The Morgan fingerprint density at radius 2 is 2.32 bits per heavy atom. The fourth-order valence-electron chi connectivity index (χ4n) is 1.55. The van der Waals surface area contributed by atoms with Crippen LogP contribution in [-0.4, -0.2) is 26.1 Å². The second-order valence-corrected chi connectivity index (χ2v) is 4.64. The lowest BCUT2D eigenvalue weighted by Gasteiger charge is -1.99. The van der Waals surface area contributed by atoms with Crippen molar-refractivity contribution in [2.45, 2.75) is 0 Å². The quantitative estimate of drug-likeness (QED) is 0.764.